The zero-order chi connectivity index (χ0) is 20.6. The first kappa shape index (κ1) is 20.5. The topological polar surface area (TPSA) is 73.6 Å². The predicted molar refractivity (Wildman–Crippen MR) is 110 cm³/mol. The lowest BCUT2D eigenvalue weighted by molar-refractivity contribution is 0.0952. The third-order valence-electron chi connectivity index (χ3n) is 4.75. The molecule has 152 valence electrons. The molecule has 0 bridgehead atoms. The van der Waals surface area contributed by atoms with Gasteiger partial charge in [0.15, 0.2) is 11.5 Å². The smallest absolute Gasteiger partial charge is 0.251 e. The van der Waals surface area contributed by atoms with Crippen molar-refractivity contribution in [1.29, 1.82) is 0 Å². The van der Waals surface area contributed by atoms with Crippen molar-refractivity contribution in [3.8, 4) is 11.5 Å². The zero-order valence-electron chi connectivity index (χ0n) is 17.0. The van der Waals surface area contributed by atoms with Gasteiger partial charge in [0.05, 0.1) is 18.4 Å². The molecule has 0 atom stereocenters. The van der Waals surface area contributed by atoms with E-state index in [-0.39, 0.29) is 5.91 Å². The van der Waals surface area contributed by atoms with Crippen LogP contribution in [0.25, 0.3) is 0 Å². The van der Waals surface area contributed by atoms with E-state index in [0.717, 1.165) is 29.9 Å². The van der Waals surface area contributed by atoms with Crippen LogP contribution in [0.3, 0.4) is 0 Å². The van der Waals surface area contributed by atoms with Crippen molar-refractivity contribution in [3.05, 3.63) is 76.7 Å². The van der Waals surface area contributed by atoms with Crippen LogP contribution in [0.4, 0.5) is 0 Å². The van der Waals surface area contributed by atoms with Crippen molar-refractivity contribution < 1.29 is 18.8 Å². The molecule has 3 aromatic rings. The highest BCUT2D eigenvalue weighted by molar-refractivity contribution is 5.94. The minimum atomic E-state index is -0.131. The van der Waals surface area contributed by atoms with E-state index in [9.17, 15) is 4.79 Å². The van der Waals surface area contributed by atoms with Crippen LogP contribution < -0.4 is 14.8 Å². The molecule has 1 aromatic heterocycles. The summed E-state index contributed by atoms with van der Waals surface area (Å²) in [5.41, 5.74) is 3.51. The Morgan fingerprint density at radius 3 is 2.59 bits per heavy atom. The second-order valence-corrected chi connectivity index (χ2v) is 6.80. The van der Waals surface area contributed by atoms with Crippen molar-refractivity contribution in [2.24, 2.45) is 0 Å². The van der Waals surface area contributed by atoms with Crippen LogP contribution in [-0.4, -0.2) is 24.7 Å². The number of hydrogen-bond acceptors (Lipinski definition) is 5. The van der Waals surface area contributed by atoms with E-state index in [2.05, 4.69) is 22.6 Å². The Hall–Kier alpha value is -3.28. The molecular weight excluding hydrogens is 368 g/mol. The third kappa shape index (κ3) is 5.38. The summed E-state index contributed by atoms with van der Waals surface area (Å²) in [5, 5.41) is 6.88. The number of amides is 1. The highest BCUT2D eigenvalue weighted by Crippen LogP contribution is 2.29. The standard InChI is InChI=1S/C23H26N2O4/c1-16-20(17(2)29-25-16)15-28-21-12-11-19(14-22(21)27-3)23(26)24-13-7-10-18-8-5-4-6-9-18/h4-6,8-9,11-12,14H,7,10,13,15H2,1-3H3,(H,24,26). The van der Waals surface area contributed by atoms with E-state index < -0.39 is 0 Å². The van der Waals surface area contributed by atoms with Gasteiger partial charge in [-0.25, -0.2) is 0 Å². The van der Waals surface area contributed by atoms with Gasteiger partial charge >= 0.3 is 0 Å². The molecule has 29 heavy (non-hydrogen) atoms. The molecule has 0 fully saturated rings. The molecule has 6 heteroatoms. The van der Waals surface area contributed by atoms with Crippen molar-refractivity contribution in [2.75, 3.05) is 13.7 Å². The molecule has 0 aliphatic heterocycles. The largest absolute Gasteiger partial charge is 0.493 e. The lowest BCUT2D eigenvalue weighted by atomic mass is 10.1. The number of hydrogen-bond donors (Lipinski definition) is 1. The Kier molecular flexibility index (Phi) is 6.89. The van der Waals surface area contributed by atoms with Crippen molar-refractivity contribution in [2.45, 2.75) is 33.3 Å². The van der Waals surface area contributed by atoms with Gasteiger partial charge in [0.2, 0.25) is 0 Å². The molecule has 0 radical (unpaired) electrons. The van der Waals surface area contributed by atoms with Crippen LogP contribution in [0.2, 0.25) is 0 Å². The Morgan fingerprint density at radius 1 is 1.10 bits per heavy atom. The maximum atomic E-state index is 12.4. The number of carbonyl (C=O) groups excluding carboxylic acids is 1. The number of benzene rings is 2. The molecule has 3 rings (SSSR count). The maximum Gasteiger partial charge on any atom is 0.251 e. The molecule has 0 saturated heterocycles. The van der Waals surface area contributed by atoms with Gasteiger partial charge in [-0.05, 0) is 50.5 Å². The SMILES string of the molecule is COc1cc(C(=O)NCCCc2ccccc2)ccc1OCc1c(C)noc1C. The van der Waals surface area contributed by atoms with Crippen LogP contribution in [0.5, 0.6) is 11.5 Å². The first-order chi connectivity index (χ1) is 14.1. The average Bonchev–Trinajstić information content (AvgIpc) is 3.07. The van der Waals surface area contributed by atoms with Crippen LogP contribution in [-0.2, 0) is 13.0 Å². The fourth-order valence-corrected chi connectivity index (χ4v) is 3.03. The highest BCUT2D eigenvalue weighted by Gasteiger charge is 2.14. The summed E-state index contributed by atoms with van der Waals surface area (Å²) in [4.78, 5) is 12.4. The van der Waals surface area contributed by atoms with Gasteiger partial charge in [-0.2, -0.15) is 0 Å². The molecule has 0 spiro atoms. The van der Waals surface area contributed by atoms with Gasteiger partial charge in [-0.1, -0.05) is 35.5 Å². The summed E-state index contributed by atoms with van der Waals surface area (Å²) in [6.45, 7) is 4.65. The number of aromatic nitrogens is 1. The third-order valence-corrected chi connectivity index (χ3v) is 4.75. The van der Waals surface area contributed by atoms with E-state index >= 15 is 0 Å². The quantitative estimate of drug-likeness (QED) is 0.550. The molecule has 0 aliphatic rings. The van der Waals surface area contributed by atoms with E-state index in [0.29, 0.717) is 30.2 Å². The first-order valence-corrected chi connectivity index (χ1v) is 9.63. The number of methoxy groups -OCH3 is 1. The van der Waals surface area contributed by atoms with Gasteiger partial charge in [0.25, 0.3) is 5.91 Å². The minimum Gasteiger partial charge on any atom is -0.493 e. The molecule has 6 nitrogen and oxygen atoms in total. The van der Waals surface area contributed by atoms with E-state index in [1.165, 1.54) is 5.56 Å². The van der Waals surface area contributed by atoms with Crippen LogP contribution in [0.1, 0.15) is 39.4 Å². The summed E-state index contributed by atoms with van der Waals surface area (Å²) >= 11 is 0. The summed E-state index contributed by atoms with van der Waals surface area (Å²) in [7, 11) is 1.56. The lowest BCUT2D eigenvalue weighted by Gasteiger charge is -2.12. The predicted octanol–water partition coefficient (Wildman–Crippen LogP) is 4.24. The average molecular weight is 394 g/mol. The molecule has 1 amide bonds. The van der Waals surface area contributed by atoms with Gasteiger partial charge < -0.3 is 19.3 Å². The van der Waals surface area contributed by atoms with Gasteiger partial charge in [-0.15, -0.1) is 0 Å². The second kappa shape index (κ2) is 9.78. The number of nitrogens with one attached hydrogen (secondary N) is 1. The summed E-state index contributed by atoms with van der Waals surface area (Å²) in [6, 6.07) is 15.4. The van der Waals surface area contributed by atoms with Crippen LogP contribution in [0, 0.1) is 13.8 Å². The van der Waals surface area contributed by atoms with Crippen LogP contribution in [0.15, 0.2) is 53.1 Å². The maximum absolute atomic E-state index is 12.4. The normalized spacial score (nSPS) is 10.6. The molecule has 0 saturated carbocycles. The van der Waals surface area contributed by atoms with Crippen molar-refractivity contribution in [3.63, 3.8) is 0 Å². The Bertz CT molecular complexity index is 931. The molecule has 2 aromatic carbocycles. The lowest BCUT2D eigenvalue weighted by Crippen LogP contribution is -2.24. The summed E-state index contributed by atoms with van der Waals surface area (Å²) in [6.07, 6.45) is 1.81. The Labute approximate surface area is 170 Å². The number of nitrogens with zero attached hydrogens (tertiary/aromatic N) is 1. The number of ether oxygens (including phenoxy) is 2. The first-order valence-electron chi connectivity index (χ1n) is 9.63. The molecule has 1 heterocycles. The van der Waals surface area contributed by atoms with E-state index in [1.54, 1.807) is 25.3 Å². The fraction of sp³-hybridized carbons (Fsp3) is 0.304. The summed E-state index contributed by atoms with van der Waals surface area (Å²) in [5.74, 6) is 1.67. The number of carbonyl (C=O) groups is 1. The van der Waals surface area contributed by atoms with Gasteiger partial charge in [0, 0.05) is 12.1 Å². The summed E-state index contributed by atoms with van der Waals surface area (Å²) < 4.78 is 16.4. The van der Waals surface area contributed by atoms with Crippen LogP contribution >= 0.6 is 0 Å². The minimum absolute atomic E-state index is 0.131. The number of rotatable bonds is 9. The van der Waals surface area contributed by atoms with E-state index in [1.807, 2.05) is 32.0 Å². The van der Waals surface area contributed by atoms with Gasteiger partial charge in [0.1, 0.15) is 12.4 Å². The molecule has 1 N–H and O–H groups in total. The zero-order valence-corrected chi connectivity index (χ0v) is 17.0. The van der Waals surface area contributed by atoms with Gasteiger partial charge in [-0.3, -0.25) is 4.79 Å². The monoisotopic (exact) mass is 394 g/mol. The molecule has 0 unspecified atom stereocenters. The van der Waals surface area contributed by atoms with E-state index in [4.69, 9.17) is 14.0 Å². The Balaban J connectivity index is 1.55. The fourth-order valence-electron chi connectivity index (χ4n) is 3.03. The Morgan fingerprint density at radius 2 is 1.90 bits per heavy atom. The molecular formula is C23H26N2O4. The molecule has 0 aliphatic carbocycles. The van der Waals surface area contributed by atoms with Crippen molar-refractivity contribution >= 4 is 5.91 Å². The second-order valence-electron chi connectivity index (χ2n) is 6.80. The van der Waals surface area contributed by atoms with Crippen molar-refractivity contribution in [1.82, 2.24) is 10.5 Å². The highest BCUT2D eigenvalue weighted by atomic mass is 16.5. The number of aryl methyl sites for hydroxylation is 3.